The van der Waals surface area contributed by atoms with Crippen LogP contribution in [0.3, 0.4) is 0 Å². The van der Waals surface area contributed by atoms with Gasteiger partial charge in [0.05, 0.1) is 6.20 Å². The van der Waals surface area contributed by atoms with Gasteiger partial charge in [0, 0.05) is 30.7 Å². The highest BCUT2D eigenvalue weighted by molar-refractivity contribution is 5.91. The third-order valence-electron chi connectivity index (χ3n) is 4.22. The molecule has 1 N–H and O–H groups in total. The predicted molar refractivity (Wildman–Crippen MR) is 101 cm³/mol. The van der Waals surface area contributed by atoms with Gasteiger partial charge in [0.2, 0.25) is 0 Å². The smallest absolute Gasteiger partial charge is 0.287 e. The van der Waals surface area contributed by atoms with Gasteiger partial charge in [-0.2, -0.15) is 5.10 Å². The lowest BCUT2D eigenvalue weighted by molar-refractivity contribution is 0.0919. The number of furan rings is 1. The van der Waals surface area contributed by atoms with Gasteiger partial charge in [0.25, 0.3) is 5.91 Å². The standard InChI is InChI=1S/C21H19N3O3/c1-24-13-15(12-23-24)11-22-21(25)20-10-9-17(27-20)14-26-19-8-4-6-16-5-2-3-7-18(16)19/h2-10,12-13H,11,14H2,1H3,(H,22,25). The molecule has 2 heterocycles. The monoisotopic (exact) mass is 361 g/mol. The molecule has 136 valence electrons. The first-order valence-corrected chi connectivity index (χ1v) is 8.64. The van der Waals surface area contributed by atoms with Crippen LogP contribution >= 0.6 is 0 Å². The number of carbonyl (C=O) groups excluding carboxylic acids is 1. The maximum absolute atomic E-state index is 12.2. The Kier molecular flexibility index (Phi) is 4.61. The van der Waals surface area contributed by atoms with Crippen LogP contribution in [0, 0.1) is 0 Å². The number of rotatable bonds is 6. The maximum atomic E-state index is 12.2. The molecule has 0 unspecified atom stereocenters. The summed E-state index contributed by atoms with van der Waals surface area (Å²) in [5, 5.41) is 9.04. The molecule has 0 bridgehead atoms. The summed E-state index contributed by atoms with van der Waals surface area (Å²) in [6.07, 6.45) is 3.57. The molecule has 2 aromatic carbocycles. The predicted octanol–water partition coefficient (Wildman–Crippen LogP) is 3.68. The molecule has 1 amide bonds. The summed E-state index contributed by atoms with van der Waals surface area (Å²) in [4.78, 5) is 12.2. The first-order valence-electron chi connectivity index (χ1n) is 8.64. The largest absolute Gasteiger partial charge is 0.485 e. The molecule has 0 atom stereocenters. The lowest BCUT2D eigenvalue weighted by Gasteiger charge is -2.08. The van der Waals surface area contributed by atoms with Crippen LogP contribution in [0.1, 0.15) is 21.9 Å². The third kappa shape index (κ3) is 3.84. The molecule has 2 aromatic heterocycles. The number of hydrogen-bond acceptors (Lipinski definition) is 4. The van der Waals surface area contributed by atoms with E-state index in [-0.39, 0.29) is 18.3 Å². The van der Waals surface area contributed by atoms with Gasteiger partial charge in [-0.3, -0.25) is 9.48 Å². The lowest BCUT2D eigenvalue weighted by Crippen LogP contribution is -2.22. The van der Waals surface area contributed by atoms with Gasteiger partial charge in [-0.1, -0.05) is 36.4 Å². The summed E-state index contributed by atoms with van der Waals surface area (Å²) < 4.78 is 13.2. The molecule has 0 aliphatic heterocycles. The number of hydrogen-bond donors (Lipinski definition) is 1. The van der Waals surface area contributed by atoms with E-state index < -0.39 is 0 Å². The quantitative estimate of drug-likeness (QED) is 0.569. The average Bonchev–Trinajstić information content (AvgIpc) is 3.33. The zero-order valence-electron chi connectivity index (χ0n) is 14.9. The second kappa shape index (κ2) is 7.37. The Morgan fingerprint density at radius 1 is 1.15 bits per heavy atom. The molecule has 6 nitrogen and oxygen atoms in total. The topological polar surface area (TPSA) is 69.3 Å². The number of carbonyl (C=O) groups is 1. The average molecular weight is 361 g/mol. The molecule has 0 saturated carbocycles. The van der Waals surface area contributed by atoms with E-state index in [2.05, 4.69) is 10.4 Å². The SMILES string of the molecule is Cn1cc(CNC(=O)c2ccc(COc3cccc4ccccc34)o2)cn1. The highest BCUT2D eigenvalue weighted by atomic mass is 16.5. The minimum Gasteiger partial charge on any atom is -0.485 e. The van der Waals surface area contributed by atoms with Crippen molar-refractivity contribution in [2.24, 2.45) is 7.05 Å². The van der Waals surface area contributed by atoms with Crippen molar-refractivity contribution in [1.29, 1.82) is 0 Å². The van der Waals surface area contributed by atoms with Gasteiger partial charge in [0.15, 0.2) is 5.76 Å². The summed E-state index contributed by atoms with van der Waals surface area (Å²) in [6, 6.07) is 17.4. The Labute approximate surface area is 156 Å². The molecule has 0 radical (unpaired) electrons. The highest BCUT2D eigenvalue weighted by Gasteiger charge is 2.12. The molecule has 0 aliphatic carbocycles. The van der Waals surface area contributed by atoms with Crippen LogP contribution < -0.4 is 10.1 Å². The van der Waals surface area contributed by atoms with E-state index in [1.54, 1.807) is 23.0 Å². The van der Waals surface area contributed by atoms with E-state index in [4.69, 9.17) is 9.15 Å². The Morgan fingerprint density at radius 2 is 2.00 bits per heavy atom. The van der Waals surface area contributed by atoms with Gasteiger partial charge >= 0.3 is 0 Å². The first kappa shape index (κ1) is 16.9. The van der Waals surface area contributed by atoms with Crippen LogP contribution in [0.5, 0.6) is 5.75 Å². The van der Waals surface area contributed by atoms with E-state index in [9.17, 15) is 4.79 Å². The molecule has 0 spiro atoms. The summed E-state index contributed by atoms with van der Waals surface area (Å²) in [6.45, 7) is 0.652. The van der Waals surface area contributed by atoms with E-state index in [0.29, 0.717) is 12.3 Å². The number of nitrogens with one attached hydrogen (secondary N) is 1. The fraction of sp³-hybridized carbons (Fsp3) is 0.143. The molecule has 0 saturated heterocycles. The van der Waals surface area contributed by atoms with Crippen LogP contribution in [-0.4, -0.2) is 15.7 Å². The fourth-order valence-electron chi connectivity index (χ4n) is 2.88. The second-order valence-electron chi connectivity index (χ2n) is 6.24. The van der Waals surface area contributed by atoms with Crippen molar-refractivity contribution in [2.45, 2.75) is 13.2 Å². The second-order valence-corrected chi connectivity index (χ2v) is 6.24. The Morgan fingerprint density at radius 3 is 2.85 bits per heavy atom. The number of aromatic nitrogens is 2. The van der Waals surface area contributed by atoms with Crippen LogP contribution in [0.25, 0.3) is 10.8 Å². The van der Waals surface area contributed by atoms with Crippen molar-refractivity contribution in [3.8, 4) is 5.75 Å². The number of aryl methyl sites for hydroxylation is 1. The molecular weight excluding hydrogens is 342 g/mol. The van der Waals surface area contributed by atoms with Crippen LogP contribution in [0.15, 0.2) is 71.4 Å². The molecule has 0 aliphatic rings. The van der Waals surface area contributed by atoms with Gasteiger partial charge in [-0.05, 0) is 23.6 Å². The van der Waals surface area contributed by atoms with Gasteiger partial charge < -0.3 is 14.5 Å². The summed E-state index contributed by atoms with van der Waals surface area (Å²) >= 11 is 0. The number of amides is 1. The molecule has 0 fully saturated rings. The number of ether oxygens (including phenoxy) is 1. The molecule has 4 rings (SSSR count). The number of benzene rings is 2. The zero-order chi connectivity index (χ0) is 18.6. The van der Waals surface area contributed by atoms with Gasteiger partial charge in [-0.15, -0.1) is 0 Å². The Balaban J connectivity index is 1.38. The summed E-state index contributed by atoms with van der Waals surface area (Å²) in [7, 11) is 1.83. The van der Waals surface area contributed by atoms with E-state index >= 15 is 0 Å². The number of nitrogens with zero attached hydrogens (tertiary/aromatic N) is 2. The molecular formula is C21H19N3O3. The normalized spacial score (nSPS) is 10.9. The molecule has 6 heteroatoms. The van der Waals surface area contributed by atoms with Crippen molar-refractivity contribution in [2.75, 3.05) is 0 Å². The lowest BCUT2D eigenvalue weighted by atomic mass is 10.1. The van der Waals surface area contributed by atoms with Crippen LogP contribution in [0.2, 0.25) is 0 Å². The van der Waals surface area contributed by atoms with Crippen molar-refractivity contribution >= 4 is 16.7 Å². The Hall–Kier alpha value is -3.54. The highest BCUT2D eigenvalue weighted by Crippen LogP contribution is 2.26. The molecule has 27 heavy (non-hydrogen) atoms. The van der Waals surface area contributed by atoms with Gasteiger partial charge in [-0.25, -0.2) is 0 Å². The maximum Gasteiger partial charge on any atom is 0.287 e. The van der Waals surface area contributed by atoms with Crippen LogP contribution in [0.4, 0.5) is 0 Å². The minimum atomic E-state index is -0.268. The van der Waals surface area contributed by atoms with Crippen molar-refractivity contribution in [3.05, 3.63) is 84.1 Å². The number of fused-ring (bicyclic) bond motifs is 1. The van der Waals surface area contributed by atoms with Crippen molar-refractivity contribution < 1.29 is 13.9 Å². The minimum absolute atomic E-state index is 0.254. The van der Waals surface area contributed by atoms with E-state index in [0.717, 1.165) is 22.1 Å². The summed E-state index contributed by atoms with van der Waals surface area (Å²) in [5.74, 6) is 1.37. The van der Waals surface area contributed by atoms with E-state index in [1.165, 1.54) is 0 Å². The van der Waals surface area contributed by atoms with Gasteiger partial charge in [0.1, 0.15) is 18.1 Å². The molecule has 4 aromatic rings. The third-order valence-corrected chi connectivity index (χ3v) is 4.22. The van der Waals surface area contributed by atoms with Crippen molar-refractivity contribution in [1.82, 2.24) is 15.1 Å². The Bertz CT molecular complexity index is 1080. The van der Waals surface area contributed by atoms with Crippen molar-refractivity contribution in [3.63, 3.8) is 0 Å². The fourth-order valence-corrected chi connectivity index (χ4v) is 2.88. The van der Waals surface area contributed by atoms with Crippen LogP contribution in [-0.2, 0) is 20.2 Å². The first-order chi connectivity index (χ1) is 13.2. The van der Waals surface area contributed by atoms with E-state index in [1.807, 2.05) is 55.7 Å². The summed E-state index contributed by atoms with van der Waals surface area (Å²) in [5.41, 5.74) is 0.928. The zero-order valence-corrected chi connectivity index (χ0v) is 14.9.